The van der Waals surface area contributed by atoms with E-state index in [4.69, 9.17) is 5.11 Å². The SMILES string of the molecule is CC(C)(C)CC(=O)N1C2CCC1CC(CC(=O)O)C2. The van der Waals surface area contributed by atoms with Gasteiger partial charge >= 0.3 is 5.97 Å². The number of fused-ring (bicyclic) bond motifs is 2. The van der Waals surface area contributed by atoms with Crippen LogP contribution in [0.25, 0.3) is 0 Å². The summed E-state index contributed by atoms with van der Waals surface area (Å²) in [7, 11) is 0. The molecular formula is C15H25NO3. The summed E-state index contributed by atoms with van der Waals surface area (Å²) in [5.74, 6) is -0.193. The van der Waals surface area contributed by atoms with Crippen LogP contribution >= 0.6 is 0 Å². The fourth-order valence-corrected chi connectivity index (χ4v) is 3.66. The van der Waals surface area contributed by atoms with Crippen molar-refractivity contribution in [3.05, 3.63) is 0 Å². The lowest BCUT2D eigenvalue weighted by atomic mass is 9.86. The molecule has 2 fully saturated rings. The van der Waals surface area contributed by atoms with E-state index >= 15 is 0 Å². The fraction of sp³-hybridized carbons (Fsp3) is 0.867. The van der Waals surface area contributed by atoms with Crippen LogP contribution in [0.3, 0.4) is 0 Å². The standard InChI is InChI=1S/C15H25NO3/c1-15(2,3)9-13(17)16-11-4-5-12(16)7-10(6-11)8-14(18)19/h10-12H,4-9H2,1-3H3,(H,18,19). The minimum atomic E-state index is -0.709. The summed E-state index contributed by atoms with van der Waals surface area (Å²) in [5, 5.41) is 8.91. The van der Waals surface area contributed by atoms with E-state index in [1.54, 1.807) is 0 Å². The van der Waals surface area contributed by atoms with Crippen molar-refractivity contribution in [3.63, 3.8) is 0 Å². The first kappa shape index (κ1) is 14.4. The molecule has 0 spiro atoms. The van der Waals surface area contributed by atoms with Crippen molar-refractivity contribution < 1.29 is 14.7 Å². The molecule has 2 atom stereocenters. The molecule has 1 amide bonds. The molecule has 0 saturated carbocycles. The molecule has 2 heterocycles. The average molecular weight is 267 g/mol. The van der Waals surface area contributed by atoms with Crippen molar-refractivity contribution in [1.29, 1.82) is 0 Å². The maximum Gasteiger partial charge on any atom is 0.303 e. The minimum absolute atomic E-state index is 0.0223. The van der Waals surface area contributed by atoms with Crippen LogP contribution in [0.5, 0.6) is 0 Å². The summed E-state index contributed by atoms with van der Waals surface area (Å²) in [4.78, 5) is 25.3. The summed E-state index contributed by atoms with van der Waals surface area (Å²) >= 11 is 0. The van der Waals surface area contributed by atoms with Gasteiger partial charge in [-0.3, -0.25) is 9.59 Å². The maximum atomic E-state index is 12.4. The van der Waals surface area contributed by atoms with Gasteiger partial charge in [0, 0.05) is 24.9 Å². The van der Waals surface area contributed by atoms with Crippen molar-refractivity contribution in [1.82, 2.24) is 4.90 Å². The lowest BCUT2D eigenvalue weighted by Crippen LogP contribution is -2.47. The Morgan fingerprint density at radius 1 is 1.16 bits per heavy atom. The van der Waals surface area contributed by atoms with E-state index < -0.39 is 5.97 Å². The molecule has 2 unspecified atom stereocenters. The van der Waals surface area contributed by atoms with E-state index in [-0.39, 0.29) is 35.7 Å². The molecule has 2 aliphatic rings. The first-order chi connectivity index (χ1) is 8.76. The molecule has 4 heteroatoms. The number of carboxylic acids is 1. The van der Waals surface area contributed by atoms with E-state index in [0.717, 1.165) is 25.7 Å². The maximum absolute atomic E-state index is 12.4. The number of nitrogens with zero attached hydrogens (tertiary/aromatic N) is 1. The number of carbonyl (C=O) groups excluding carboxylic acids is 1. The van der Waals surface area contributed by atoms with E-state index in [1.807, 2.05) is 0 Å². The predicted octanol–water partition coefficient (Wildman–Crippen LogP) is 2.67. The van der Waals surface area contributed by atoms with Crippen LogP contribution in [0.15, 0.2) is 0 Å². The van der Waals surface area contributed by atoms with Gasteiger partial charge in [0.15, 0.2) is 0 Å². The fourth-order valence-electron chi connectivity index (χ4n) is 3.66. The van der Waals surface area contributed by atoms with Gasteiger partial charge in [-0.25, -0.2) is 0 Å². The zero-order valence-corrected chi connectivity index (χ0v) is 12.2. The molecule has 2 bridgehead atoms. The highest BCUT2D eigenvalue weighted by atomic mass is 16.4. The topological polar surface area (TPSA) is 57.6 Å². The number of hydrogen-bond acceptors (Lipinski definition) is 2. The summed E-state index contributed by atoms with van der Waals surface area (Å²) in [6.07, 6.45) is 4.70. The van der Waals surface area contributed by atoms with Crippen molar-refractivity contribution in [2.24, 2.45) is 11.3 Å². The highest BCUT2D eigenvalue weighted by molar-refractivity contribution is 5.78. The number of carbonyl (C=O) groups is 2. The zero-order valence-electron chi connectivity index (χ0n) is 12.2. The molecule has 2 saturated heterocycles. The Morgan fingerprint density at radius 2 is 1.68 bits per heavy atom. The highest BCUT2D eigenvalue weighted by Gasteiger charge is 2.43. The van der Waals surface area contributed by atoms with Crippen molar-refractivity contribution in [2.75, 3.05) is 0 Å². The van der Waals surface area contributed by atoms with Gasteiger partial charge < -0.3 is 10.0 Å². The van der Waals surface area contributed by atoms with Gasteiger partial charge in [0.05, 0.1) is 0 Å². The molecule has 19 heavy (non-hydrogen) atoms. The third-order valence-electron chi connectivity index (χ3n) is 4.26. The van der Waals surface area contributed by atoms with Crippen LogP contribution < -0.4 is 0 Å². The van der Waals surface area contributed by atoms with Crippen LogP contribution in [0, 0.1) is 11.3 Å². The molecular weight excluding hydrogens is 242 g/mol. The van der Waals surface area contributed by atoms with Crippen molar-refractivity contribution in [2.45, 2.75) is 71.4 Å². The Morgan fingerprint density at radius 3 is 2.11 bits per heavy atom. The van der Waals surface area contributed by atoms with Gasteiger partial charge in [-0.2, -0.15) is 0 Å². The van der Waals surface area contributed by atoms with Gasteiger partial charge in [0.25, 0.3) is 0 Å². The van der Waals surface area contributed by atoms with Crippen LogP contribution in [-0.4, -0.2) is 34.0 Å². The largest absolute Gasteiger partial charge is 0.481 e. The minimum Gasteiger partial charge on any atom is -0.481 e. The second-order valence-corrected chi connectivity index (χ2v) is 7.36. The molecule has 0 aromatic heterocycles. The van der Waals surface area contributed by atoms with Crippen LogP contribution in [0.1, 0.15) is 59.3 Å². The molecule has 1 N–H and O–H groups in total. The predicted molar refractivity (Wildman–Crippen MR) is 72.7 cm³/mol. The Kier molecular flexibility index (Phi) is 3.88. The molecule has 0 aliphatic carbocycles. The zero-order chi connectivity index (χ0) is 14.2. The van der Waals surface area contributed by atoms with E-state index in [9.17, 15) is 9.59 Å². The van der Waals surface area contributed by atoms with Gasteiger partial charge in [0.1, 0.15) is 0 Å². The lowest BCUT2D eigenvalue weighted by Gasteiger charge is -2.39. The van der Waals surface area contributed by atoms with Gasteiger partial charge in [-0.1, -0.05) is 20.8 Å². The molecule has 108 valence electrons. The third-order valence-corrected chi connectivity index (χ3v) is 4.26. The van der Waals surface area contributed by atoms with Crippen LogP contribution in [-0.2, 0) is 9.59 Å². The van der Waals surface area contributed by atoms with Crippen LogP contribution in [0.4, 0.5) is 0 Å². The normalized spacial score (nSPS) is 30.5. The summed E-state index contributed by atoms with van der Waals surface area (Å²) in [6, 6.07) is 0.580. The number of rotatable bonds is 3. The smallest absolute Gasteiger partial charge is 0.303 e. The Bertz CT molecular complexity index is 358. The van der Waals surface area contributed by atoms with E-state index in [2.05, 4.69) is 25.7 Å². The second-order valence-electron chi connectivity index (χ2n) is 7.36. The highest BCUT2D eigenvalue weighted by Crippen LogP contribution is 2.41. The lowest BCUT2D eigenvalue weighted by molar-refractivity contribution is -0.140. The number of amides is 1. The Hall–Kier alpha value is -1.06. The summed E-state index contributed by atoms with van der Waals surface area (Å²) in [6.45, 7) is 6.26. The van der Waals surface area contributed by atoms with Crippen LogP contribution in [0.2, 0.25) is 0 Å². The summed E-state index contributed by atoms with van der Waals surface area (Å²) < 4.78 is 0. The molecule has 4 nitrogen and oxygen atoms in total. The molecule has 0 aromatic carbocycles. The van der Waals surface area contributed by atoms with E-state index in [0.29, 0.717) is 6.42 Å². The molecule has 0 radical (unpaired) electrons. The molecule has 0 aromatic rings. The first-order valence-electron chi connectivity index (χ1n) is 7.29. The van der Waals surface area contributed by atoms with E-state index in [1.165, 1.54) is 0 Å². The Balaban J connectivity index is 1.99. The van der Waals surface area contributed by atoms with Gasteiger partial charge in [-0.15, -0.1) is 0 Å². The molecule has 2 aliphatic heterocycles. The van der Waals surface area contributed by atoms with Gasteiger partial charge in [-0.05, 0) is 37.0 Å². The number of carboxylic acid groups (broad SMARTS) is 1. The number of piperidine rings is 1. The van der Waals surface area contributed by atoms with Crippen molar-refractivity contribution >= 4 is 11.9 Å². The third kappa shape index (κ3) is 3.48. The monoisotopic (exact) mass is 267 g/mol. The van der Waals surface area contributed by atoms with Gasteiger partial charge in [0.2, 0.25) is 5.91 Å². The average Bonchev–Trinajstić information content (AvgIpc) is 2.47. The summed E-state index contributed by atoms with van der Waals surface area (Å²) in [5.41, 5.74) is 0.0223. The Labute approximate surface area is 115 Å². The number of hydrogen-bond donors (Lipinski definition) is 1. The number of aliphatic carboxylic acids is 1. The first-order valence-corrected chi connectivity index (χ1v) is 7.29. The quantitative estimate of drug-likeness (QED) is 0.855. The second kappa shape index (κ2) is 5.14. The molecule has 2 rings (SSSR count). The van der Waals surface area contributed by atoms with Crippen molar-refractivity contribution in [3.8, 4) is 0 Å².